The fourth-order valence-electron chi connectivity index (χ4n) is 0.778. The Balaban J connectivity index is 2.79. The van der Waals surface area contributed by atoms with Crippen LogP contribution in [-0.4, -0.2) is 27.4 Å². The van der Waals surface area contributed by atoms with E-state index in [0.29, 0.717) is 6.54 Å². The Labute approximate surface area is 64.1 Å². The highest BCUT2D eigenvalue weighted by Gasteiger charge is 2.03. The van der Waals surface area contributed by atoms with Crippen molar-refractivity contribution in [3.63, 3.8) is 0 Å². The van der Waals surface area contributed by atoms with Crippen LogP contribution in [0.3, 0.4) is 0 Å². The molecule has 6 heteroatoms. The van der Waals surface area contributed by atoms with Crippen LogP contribution < -0.4 is 10.7 Å². The predicted octanol–water partition coefficient (Wildman–Crippen LogP) is -0.871. The number of aromatic nitrogens is 3. The van der Waals surface area contributed by atoms with Crippen molar-refractivity contribution in [2.45, 2.75) is 6.92 Å². The van der Waals surface area contributed by atoms with Crippen LogP contribution in [0.5, 0.6) is 0 Å². The molecule has 0 aliphatic carbocycles. The molecule has 0 aliphatic heterocycles. The first-order valence-corrected chi connectivity index (χ1v) is 3.22. The number of rotatable bonds is 2. The third kappa shape index (κ3) is 1.46. The molecule has 1 rings (SSSR count). The van der Waals surface area contributed by atoms with E-state index in [0.717, 1.165) is 0 Å². The Kier molecular flexibility index (Phi) is 2.05. The monoisotopic (exact) mass is 154 g/mol. The molecule has 1 aromatic heterocycles. The number of hydrogen-bond donors (Lipinski definition) is 2. The molecule has 1 aromatic rings. The second-order valence-corrected chi connectivity index (χ2v) is 1.94. The molecular formula is C5H10N6. The molecule has 0 aromatic carbocycles. The Morgan fingerprint density at radius 2 is 2.18 bits per heavy atom. The first-order chi connectivity index (χ1) is 5.25. The van der Waals surface area contributed by atoms with Gasteiger partial charge in [-0.3, -0.25) is 5.41 Å². The second-order valence-electron chi connectivity index (χ2n) is 1.94. The van der Waals surface area contributed by atoms with Crippen molar-refractivity contribution in [3.05, 3.63) is 12.7 Å². The van der Waals surface area contributed by atoms with Crippen molar-refractivity contribution in [3.8, 4) is 0 Å². The number of nitrogens with two attached hydrogens (primary N) is 1. The first-order valence-electron chi connectivity index (χ1n) is 3.22. The van der Waals surface area contributed by atoms with E-state index in [1.807, 2.05) is 6.92 Å². The van der Waals surface area contributed by atoms with Crippen molar-refractivity contribution >= 4 is 5.96 Å². The van der Waals surface area contributed by atoms with Crippen LogP contribution >= 0.6 is 0 Å². The van der Waals surface area contributed by atoms with Crippen LogP contribution in [0.2, 0.25) is 0 Å². The van der Waals surface area contributed by atoms with Gasteiger partial charge in [0.25, 0.3) is 0 Å². The van der Waals surface area contributed by atoms with E-state index >= 15 is 0 Å². The van der Waals surface area contributed by atoms with Crippen LogP contribution in [0, 0.1) is 5.41 Å². The molecule has 1 heterocycles. The lowest BCUT2D eigenvalue weighted by Gasteiger charge is -2.19. The molecule has 0 radical (unpaired) electrons. The molecule has 3 N–H and O–H groups in total. The van der Waals surface area contributed by atoms with Gasteiger partial charge in [0.1, 0.15) is 12.7 Å². The standard InChI is InChI=1S/C5H10N6/c1-2-11(5(6)7)10-3-8-9-4-10/h3-4H,2H2,1H3,(H3,6,7). The average molecular weight is 154 g/mol. The average Bonchev–Trinajstić information content (AvgIpc) is 2.40. The zero-order valence-electron chi connectivity index (χ0n) is 6.23. The molecule has 0 saturated carbocycles. The smallest absolute Gasteiger partial charge is 0.208 e. The van der Waals surface area contributed by atoms with Gasteiger partial charge in [0.05, 0.1) is 0 Å². The largest absolute Gasteiger partial charge is 0.369 e. The van der Waals surface area contributed by atoms with Crippen molar-refractivity contribution in [2.75, 3.05) is 11.6 Å². The third-order valence-corrected chi connectivity index (χ3v) is 1.26. The minimum Gasteiger partial charge on any atom is -0.369 e. The number of hydrogen-bond acceptors (Lipinski definition) is 3. The highest BCUT2D eigenvalue weighted by atomic mass is 15.6. The van der Waals surface area contributed by atoms with E-state index in [1.54, 1.807) is 4.68 Å². The third-order valence-electron chi connectivity index (χ3n) is 1.26. The summed E-state index contributed by atoms with van der Waals surface area (Å²) in [6, 6.07) is 0. The second kappa shape index (κ2) is 3.00. The maximum atomic E-state index is 7.16. The molecule has 0 saturated heterocycles. The van der Waals surface area contributed by atoms with Crippen LogP contribution in [0.1, 0.15) is 6.92 Å². The molecule has 6 nitrogen and oxygen atoms in total. The molecule has 0 fully saturated rings. The van der Waals surface area contributed by atoms with Crippen molar-refractivity contribution in [2.24, 2.45) is 5.73 Å². The normalized spacial score (nSPS) is 9.55. The lowest BCUT2D eigenvalue weighted by molar-refractivity contribution is 0.723. The zero-order valence-corrected chi connectivity index (χ0v) is 6.23. The lowest BCUT2D eigenvalue weighted by Crippen LogP contribution is -2.43. The molecule has 11 heavy (non-hydrogen) atoms. The van der Waals surface area contributed by atoms with Crippen molar-refractivity contribution < 1.29 is 0 Å². The minimum atomic E-state index is -0.0210. The summed E-state index contributed by atoms with van der Waals surface area (Å²) < 4.78 is 1.56. The summed E-state index contributed by atoms with van der Waals surface area (Å²) >= 11 is 0. The first kappa shape index (κ1) is 7.52. The van der Waals surface area contributed by atoms with Gasteiger partial charge in [0.15, 0.2) is 0 Å². The van der Waals surface area contributed by atoms with Crippen molar-refractivity contribution in [1.82, 2.24) is 14.9 Å². The van der Waals surface area contributed by atoms with Gasteiger partial charge in [-0.1, -0.05) is 0 Å². The topological polar surface area (TPSA) is 83.8 Å². The Morgan fingerprint density at radius 1 is 1.64 bits per heavy atom. The van der Waals surface area contributed by atoms with Gasteiger partial charge in [-0.25, -0.2) is 9.69 Å². The van der Waals surface area contributed by atoms with E-state index in [-0.39, 0.29) is 5.96 Å². The van der Waals surface area contributed by atoms with E-state index in [4.69, 9.17) is 11.1 Å². The summed E-state index contributed by atoms with van der Waals surface area (Å²) in [5.41, 5.74) is 5.27. The Hall–Kier alpha value is -1.59. The zero-order chi connectivity index (χ0) is 8.27. The van der Waals surface area contributed by atoms with Crippen molar-refractivity contribution in [1.29, 1.82) is 5.41 Å². The van der Waals surface area contributed by atoms with Gasteiger partial charge in [-0.15, -0.1) is 10.2 Å². The summed E-state index contributed by atoms with van der Waals surface area (Å²) in [5, 5.41) is 15.9. The van der Waals surface area contributed by atoms with Gasteiger partial charge < -0.3 is 5.73 Å². The van der Waals surface area contributed by atoms with Gasteiger partial charge in [-0.2, -0.15) is 0 Å². The van der Waals surface area contributed by atoms with Gasteiger partial charge in [0.2, 0.25) is 5.96 Å². The number of guanidine groups is 1. The van der Waals surface area contributed by atoms with Gasteiger partial charge >= 0.3 is 0 Å². The predicted molar refractivity (Wildman–Crippen MR) is 40.7 cm³/mol. The summed E-state index contributed by atoms with van der Waals surface area (Å²) in [6.07, 6.45) is 2.98. The Morgan fingerprint density at radius 3 is 2.55 bits per heavy atom. The van der Waals surface area contributed by atoms with Crippen LogP contribution in [0.4, 0.5) is 0 Å². The van der Waals surface area contributed by atoms with Gasteiger partial charge in [-0.05, 0) is 6.92 Å². The van der Waals surface area contributed by atoms with E-state index < -0.39 is 0 Å². The molecule has 0 unspecified atom stereocenters. The molecule has 0 spiro atoms. The van der Waals surface area contributed by atoms with E-state index in [1.165, 1.54) is 17.7 Å². The lowest BCUT2D eigenvalue weighted by atomic mass is 10.7. The number of nitrogens with one attached hydrogen (secondary N) is 1. The molecular weight excluding hydrogens is 144 g/mol. The highest BCUT2D eigenvalue weighted by Crippen LogP contribution is 1.85. The van der Waals surface area contributed by atoms with E-state index in [2.05, 4.69) is 10.2 Å². The molecule has 0 atom stereocenters. The summed E-state index contributed by atoms with van der Waals surface area (Å²) in [5.74, 6) is -0.0210. The molecule has 0 aliphatic rings. The summed E-state index contributed by atoms with van der Waals surface area (Å²) in [6.45, 7) is 2.51. The summed E-state index contributed by atoms with van der Waals surface area (Å²) in [7, 11) is 0. The van der Waals surface area contributed by atoms with Crippen LogP contribution in [0.25, 0.3) is 0 Å². The van der Waals surface area contributed by atoms with Crippen LogP contribution in [-0.2, 0) is 0 Å². The Bertz CT molecular complexity index is 227. The molecule has 0 bridgehead atoms. The maximum absolute atomic E-state index is 7.16. The molecule has 60 valence electrons. The highest BCUT2D eigenvalue weighted by molar-refractivity contribution is 5.84. The maximum Gasteiger partial charge on any atom is 0.208 e. The fourth-order valence-corrected chi connectivity index (χ4v) is 0.778. The summed E-state index contributed by atoms with van der Waals surface area (Å²) in [4.78, 5) is 0. The fraction of sp³-hybridized carbons (Fsp3) is 0.400. The number of nitrogens with zero attached hydrogens (tertiary/aromatic N) is 4. The van der Waals surface area contributed by atoms with Gasteiger partial charge in [0, 0.05) is 6.54 Å². The minimum absolute atomic E-state index is 0.0210. The quantitative estimate of drug-likeness (QED) is 0.428. The molecule has 0 amide bonds. The van der Waals surface area contributed by atoms with Crippen LogP contribution in [0.15, 0.2) is 12.7 Å². The van der Waals surface area contributed by atoms with E-state index in [9.17, 15) is 0 Å². The SMILES string of the molecule is CCN(C(=N)N)n1cnnc1.